The van der Waals surface area contributed by atoms with Crippen LogP contribution in [0.1, 0.15) is 15.9 Å². The fourth-order valence-electron chi connectivity index (χ4n) is 3.06. The fraction of sp³-hybridized carbons (Fsp3) is 0.158. The predicted molar refractivity (Wildman–Crippen MR) is 114 cm³/mol. The number of primary amides is 1. The molecule has 1 heterocycles. The molecule has 3 rings (SSSR count). The van der Waals surface area contributed by atoms with E-state index in [1.165, 1.54) is 7.05 Å². The van der Waals surface area contributed by atoms with Crippen LogP contribution in [0.25, 0.3) is 0 Å². The van der Waals surface area contributed by atoms with Crippen molar-refractivity contribution in [2.45, 2.75) is 5.54 Å². The minimum Gasteiger partial charge on any atom is -0.367 e. The number of hydrogen-bond donors (Lipinski definition) is 4. The highest BCUT2D eigenvalue weighted by Crippen LogP contribution is 2.28. The monoisotopic (exact) mass is 477 g/mol. The Morgan fingerprint density at radius 1 is 1.17 bits per heavy atom. The summed E-state index contributed by atoms with van der Waals surface area (Å²) in [5.74, 6) is -1.65. The minimum absolute atomic E-state index is 0.00907. The summed E-state index contributed by atoms with van der Waals surface area (Å²) in [6, 6.07) is 11.4. The van der Waals surface area contributed by atoms with Crippen molar-refractivity contribution in [3.8, 4) is 0 Å². The molecular formula is C19H17BrClN5O3. The summed E-state index contributed by atoms with van der Waals surface area (Å²) in [6.45, 7) is 0.0750. The van der Waals surface area contributed by atoms with Gasteiger partial charge in [-0.3, -0.25) is 24.7 Å². The Balaban J connectivity index is 1.88. The molecule has 1 aliphatic heterocycles. The van der Waals surface area contributed by atoms with Gasteiger partial charge in [0.25, 0.3) is 11.8 Å². The molecule has 1 unspecified atom stereocenters. The number of hydrogen-bond acceptors (Lipinski definition) is 5. The van der Waals surface area contributed by atoms with Crippen molar-refractivity contribution in [3.63, 3.8) is 0 Å². The van der Waals surface area contributed by atoms with Crippen LogP contribution in [0, 0.1) is 0 Å². The lowest BCUT2D eigenvalue weighted by Gasteiger charge is -2.27. The van der Waals surface area contributed by atoms with Gasteiger partial charge in [0.05, 0.1) is 17.3 Å². The van der Waals surface area contributed by atoms with Crippen LogP contribution in [0.4, 0.5) is 5.69 Å². The number of benzene rings is 2. The Labute approximate surface area is 180 Å². The van der Waals surface area contributed by atoms with Crippen LogP contribution >= 0.6 is 27.5 Å². The van der Waals surface area contributed by atoms with Crippen molar-refractivity contribution in [2.24, 2.45) is 10.7 Å². The van der Waals surface area contributed by atoms with Gasteiger partial charge in [0.15, 0.2) is 5.54 Å². The quantitative estimate of drug-likeness (QED) is 0.523. The topological polar surface area (TPSA) is 126 Å². The van der Waals surface area contributed by atoms with Crippen LogP contribution in [0.2, 0.25) is 5.02 Å². The fourth-order valence-corrected chi connectivity index (χ4v) is 3.62. The van der Waals surface area contributed by atoms with Crippen molar-refractivity contribution in [3.05, 3.63) is 63.1 Å². The third-order valence-corrected chi connectivity index (χ3v) is 5.32. The molecule has 5 N–H and O–H groups in total. The lowest BCUT2D eigenvalue weighted by atomic mass is 9.84. The summed E-state index contributed by atoms with van der Waals surface area (Å²) in [7, 11) is 1.45. The number of aliphatic imine (C=N–C) groups is 1. The van der Waals surface area contributed by atoms with E-state index in [9.17, 15) is 14.4 Å². The first kappa shape index (κ1) is 21.0. The molecule has 29 heavy (non-hydrogen) atoms. The molecule has 8 nitrogen and oxygen atoms in total. The molecule has 2 aromatic carbocycles. The second-order valence-corrected chi connectivity index (χ2v) is 7.51. The second kappa shape index (κ2) is 8.32. The number of halogens is 2. The molecule has 0 saturated carbocycles. The highest BCUT2D eigenvalue weighted by Gasteiger charge is 2.49. The van der Waals surface area contributed by atoms with Gasteiger partial charge in [0.1, 0.15) is 5.71 Å². The maximum Gasteiger partial charge on any atom is 0.267 e. The van der Waals surface area contributed by atoms with Crippen LogP contribution < -0.4 is 21.7 Å². The molecule has 3 amide bonds. The molecule has 10 heteroatoms. The molecule has 1 aliphatic rings. The van der Waals surface area contributed by atoms with E-state index in [2.05, 4.69) is 36.9 Å². The van der Waals surface area contributed by atoms with Gasteiger partial charge < -0.3 is 16.4 Å². The molecule has 0 bridgehead atoms. The zero-order chi connectivity index (χ0) is 21.2. The van der Waals surface area contributed by atoms with Crippen molar-refractivity contribution in [2.75, 3.05) is 19.0 Å². The van der Waals surface area contributed by atoms with Gasteiger partial charge in [-0.25, -0.2) is 0 Å². The minimum atomic E-state index is -1.55. The Morgan fingerprint density at radius 2 is 1.86 bits per heavy atom. The normalized spacial score (nSPS) is 18.1. The first-order valence-electron chi connectivity index (χ1n) is 8.48. The van der Waals surface area contributed by atoms with Crippen molar-refractivity contribution >= 4 is 56.7 Å². The van der Waals surface area contributed by atoms with E-state index >= 15 is 0 Å². The highest BCUT2D eigenvalue weighted by atomic mass is 79.9. The van der Waals surface area contributed by atoms with Crippen LogP contribution in [0.3, 0.4) is 0 Å². The molecule has 2 aromatic rings. The molecule has 0 fully saturated rings. The molecule has 150 valence electrons. The van der Waals surface area contributed by atoms with Crippen molar-refractivity contribution in [1.29, 1.82) is 0 Å². The van der Waals surface area contributed by atoms with Crippen molar-refractivity contribution in [1.82, 2.24) is 10.6 Å². The summed E-state index contributed by atoms with van der Waals surface area (Å²) in [5.41, 5.74) is 5.29. The summed E-state index contributed by atoms with van der Waals surface area (Å²) in [6.07, 6.45) is 0. The zero-order valence-corrected chi connectivity index (χ0v) is 17.6. The Hall–Kier alpha value is -2.75. The van der Waals surface area contributed by atoms with Gasteiger partial charge in [0, 0.05) is 17.2 Å². The second-order valence-electron chi connectivity index (χ2n) is 6.19. The number of nitrogens with two attached hydrogens (primary N) is 1. The molecule has 0 spiro atoms. The van der Waals surface area contributed by atoms with E-state index in [1.54, 1.807) is 42.5 Å². The predicted octanol–water partition coefficient (Wildman–Crippen LogP) is 1.78. The largest absolute Gasteiger partial charge is 0.367 e. The van der Waals surface area contributed by atoms with Gasteiger partial charge in [0.2, 0.25) is 5.91 Å². The van der Waals surface area contributed by atoms with Crippen LogP contribution in [-0.4, -0.2) is 37.1 Å². The Kier molecular flexibility index (Phi) is 6.02. The number of carbonyl (C=O) groups is 3. The SMILES string of the molecule is CNC(=O)C1=NCNC1(C(N)=O)c1ccc(NC(=O)c2cc(Br)ccc2Cl)cc1. The van der Waals surface area contributed by atoms with Crippen molar-refractivity contribution < 1.29 is 14.4 Å². The number of anilines is 1. The number of nitrogens with one attached hydrogen (secondary N) is 3. The average Bonchev–Trinajstić information content (AvgIpc) is 3.16. The molecule has 1 atom stereocenters. The van der Waals surface area contributed by atoms with Crippen LogP contribution in [0.15, 0.2) is 51.9 Å². The number of nitrogens with zero attached hydrogens (tertiary/aromatic N) is 1. The zero-order valence-electron chi connectivity index (χ0n) is 15.3. The summed E-state index contributed by atoms with van der Waals surface area (Å²) < 4.78 is 0.721. The standard InChI is InChI=1S/C19H17BrClN5O3/c1-23-17(28)15-19(18(22)29,25-9-24-15)10-2-5-12(6-3-10)26-16(27)13-8-11(20)4-7-14(13)21/h2-8,25H,9H2,1H3,(H2,22,29)(H,23,28)(H,26,27). The smallest absolute Gasteiger partial charge is 0.267 e. The van der Waals surface area contributed by atoms with E-state index in [0.717, 1.165) is 4.47 Å². The van der Waals surface area contributed by atoms with E-state index in [1.807, 2.05) is 0 Å². The maximum atomic E-state index is 12.5. The Bertz CT molecular complexity index is 1030. The maximum absolute atomic E-state index is 12.5. The first-order valence-corrected chi connectivity index (χ1v) is 9.65. The van der Waals surface area contributed by atoms with E-state index in [0.29, 0.717) is 21.8 Å². The summed E-state index contributed by atoms with van der Waals surface area (Å²) in [4.78, 5) is 41.0. The van der Waals surface area contributed by atoms with Gasteiger partial charge in [-0.1, -0.05) is 39.7 Å². The summed E-state index contributed by atoms with van der Waals surface area (Å²) >= 11 is 9.40. The lowest BCUT2D eigenvalue weighted by Crippen LogP contribution is -2.58. The number of amides is 3. The Morgan fingerprint density at radius 3 is 2.48 bits per heavy atom. The molecule has 0 saturated heterocycles. The molecule has 0 radical (unpaired) electrons. The van der Waals surface area contributed by atoms with Gasteiger partial charge in [-0.15, -0.1) is 0 Å². The summed E-state index contributed by atoms with van der Waals surface area (Å²) in [5, 5.41) is 8.42. The van der Waals surface area contributed by atoms with E-state index < -0.39 is 17.4 Å². The van der Waals surface area contributed by atoms with Gasteiger partial charge in [-0.05, 0) is 35.9 Å². The molecule has 0 aromatic heterocycles. The number of rotatable bonds is 5. The van der Waals surface area contributed by atoms with Gasteiger partial charge in [-0.2, -0.15) is 0 Å². The highest BCUT2D eigenvalue weighted by molar-refractivity contribution is 9.10. The average molecular weight is 479 g/mol. The lowest BCUT2D eigenvalue weighted by molar-refractivity contribution is -0.123. The third-order valence-electron chi connectivity index (χ3n) is 4.50. The van der Waals surface area contributed by atoms with Crippen LogP contribution in [-0.2, 0) is 15.1 Å². The first-order chi connectivity index (χ1) is 13.8. The third kappa shape index (κ3) is 3.89. The van der Waals surface area contributed by atoms with E-state index in [-0.39, 0.29) is 18.3 Å². The van der Waals surface area contributed by atoms with E-state index in [4.69, 9.17) is 17.3 Å². The van der Waals surface area contributed by atoms with Gasteiger partial charge >= 0.3 is 0 Å². The molecular weight excluding hydrogens is 462 g/mol. The number of carbonyl (C=O) groups excluding carboxylic acids is 3. The molecule has 0 aliphatic carbocycles. The van der Waals surface area contributed by atoms with Crippen LogP contribution in [0.5, 0.6) is 0 Å².